The van der Waals surface area contributed by atoms with Gasteiger partial charge in [-0.3, -0.25) is 9.63 Å². The third kappa shape index (κ3) is 1.35. The Hall–Kier alpha value is -0.570. The molecule has 2 atom stereocenters. The van der Waals surface area contributed by atoms with Crippen molar-refractivity contribution in [1.29, 1.82) is 0 Å². The first-order chi connectivity index (χ1) is 6.07. The Balaban J connectivity index is 2.03. The molecule has 2 saturated carbocycles. The maximum Gasteiger partial charge on any atom is 0.251 e. The summed E-state index contributed by atoms with van der Waals surface area (Å²) < 4.78 is 0. The average molecular weight is 183 g/mol. The van der Waals surface area contributed by atoms with Crippen LogP contribution in [0.5, 0.6) is 0 Å². The van der Waals surface area contributed by atoms with Gasteiger partial charge in [-0.1, -0.05) is 6.92 Å². The molecule has 0 radical (unpaired) electrons. The van der Waals surface area contributed by atoms with Crippen molar-refractivity contribution in [2.24, 2.45) is 17.3 Å². The molecule has 0 aliphatic heterocycles. The van der Waals surface area contributed by atoms with E-state index in [-0.39, 0.29) is 11.3 Å². The number of nitrogens with zero attached hydrogens (tertiary/aromatic N) is 1. The average Bonchev–Trinajstić information content (AvgIpc) is 2.72. The van der Waals surface area contributed by atoms with Crippen molar-refractivity contribution in [2.45, 2.75) is 26.2 Å². The Kier molecular flexibility index (Phi) is 1.88. The van der Waals surface area contributed by atoms with Crippen LogP contribution in [0.15, 0.2) is 0 Å². The van der Waals surface area contributed by atoms with Crippen LogP contribution in [0.4, 0.5) is 0 Å². The van der Waals surface area contributed by atoms with E-state index >= 15 is 0 Å². The van der Waals surface area contributed by atoms with Crippen molar-refractivity contribution in [3.63, 3.8) is 0 Å². The lowest BCUT2D eigenvalue weighted by atomic mass is 9.84. The highest BCUT2D eigenvalue weighted by molar-refractivity contribution is 5.81. The van der Waals surface area contributed by atoms with E-state index in [0.29, 0.717) is 0 Å². The second kappa shape index (κ2) is 2.71. The lowest BCUT2D eigenvalue weighted by Gasteiger charge is -2.28. The van der Waals surface area contributed by atoms with E-state index in [4.69, 9.17) is 4.84 Å². The van der Waals surface area contributed by atoms with E-state index in [1.165, 1.54) is 18.6 Å². The van der Waals surface area contributed by atoms with E-state index in [9.17, 15) is 4.79 Å². The van der Waals surface area contributed by atoms with Gasteiger partial charge in [0.2, 0.25) is 0 Å². The Morgan fingerprint density at radius 1 is 1.46 bits per heavy atom. The molecule has 0 aromatic carbocycles. The van der Waals surface area contributed by atoms with Crippen LogP contribution in [0.1, 0.15) is 26.2 Å². The highest BCUT2D eigenvalue weighted by Crippen LogP contribution is 2.60. The van der Waals surface area contributed by atoms with Gasteiger partial charge in [-0.15, -0.1) is 0 Å². The molecule has 1 amide bonds. The van der Waals surface area contributed by atoms with Crippen molar-refractivity contribution in [1.82, 2.24) is 5.06 Å². The standard InChI is InChI=1S/C10H17NO2/c1-10(9(12)11(2)13-3)5-7-4-8(7)6-10/h7-8H,4-6H2,1-3H3. The quantitative estimate of drug-likeness (QED) is 0.606. The van der Waals surface area contributed by atoms with Gasteiger partial charge < -0.3 is 0 Å². The smallest absolute Gasteiger partial charge is 0.251 e. The molecule has 13 heavy (non-hydrogen) atoms. The van der Waals surface area contributed by atoms with Gasteiger partial charge in [-0.25, -0.2) is 5.06 Å². The minimum Gasteiger partial charge on any atom is -0.275 e. The van der Waals surface area contributed by atoms with Crippen LogP contribution in [0.2, 0.25) is 0 Å². The lowest BCUT2D eigenvalue weighted by Crippen LogP contribution is -2.38. The number of carbonyl (C=O) groups excluding carboxylic acids is 1. The summed E-state index contributed by atoms with van der Waals surface area (Å²) in [6.07, 6.45) is 3.47. The molecular weight excluding hydrogens is 166 g/mol. The molecule has 0 spiro atoms. The van der Waals surface area contributed by atoms with Crippen molar-refractivity contribution in [3.05, 3.63) is 0 Å². The minimum atomic E-state index is -0.141. The maximum atomic E-state index is 11.9. The topological polar surface area (TPSA) is 29.5 Å². The summed E-state index contributed by atoms with van der Waals surface area (Å²) in [6, 6.07) is 0. The van der Waals surface area contributed by atoms with E-state index in [2.05, 4.69) is 6.92 Å². The zero-order chi connectivity index (χ0) is 9.64. The Labute approximate surface area is 79.0 Å². The molecule has 2 aliphatic carbocycles. The van der Waals surface area contributed by atoms with Crippen LogP contribution >= 0.6 is 0 Å². The molecule has 2 fully saturated rings. The number of hydroxylamine groups is 2. The van der Waals surface area contributed by atoms with Crippen LogP contribution in [-0.2, 0) is 9.63 Å². The SMILES string of the molecule is CON(C)C(=O)C1(C)CC2CC2C1. The monoisotopic (exact) mass is 183 g/mol. The van der Waals surface area contributed by atoms with E-state index in [1.54, 1.807) is 7.05 Å². The summed E-state index contributed by atoms with van der Waals surface area (Å²) in [5.74, 6) is 1.81. The molecule has 0 aromatic rings. The summed E-state index contributed by atoms with van der Waals surface area (Å²) in [5.41, 5.74) is -0.141. The van der Waals surface area contributed by atoms with Crippen LogP contribution in [0, 0.1) is 17.3 Å². The second-order valence-electron chi connectivity index (χ2n) is 4.71. The summed E-state index contributed by atoms with van der Waals surface area (Å²) in [5, 5.41) is 1.37. The van der Waals surface area contributed by atoms with E-state index < -0.39 is 0 Å². The van der Waals surface area contributed by atoms with Gasteiger partial charge >= 0.3 is 0 Å². The fourth-order valence-electron chi connectivity index (χ4n) is 2.69. The molecule has 3 heteroatoms. The van der Waals surface area contributed by atoms with Gasteiger partial charge in [0.1, 0.15) is 0 Å². The first-order valence-electron chi connectivity index (χ1n) is 4.89. The Bertz CT molecular complexity index is 229. The molecule has 2 aliphatic rings. The fraction of sp³-hybridized carbons (Fsp3) is 0.900. The van der Waals surface area contributed by atoms with Gasteiger partial charge in [0, 0.05) is 12.5 Å². The molecule has 2 rings (SSSR count). The van der Waals surface area contributed by atoms with Crippen molar-refractivity contribution in [3.8, 4) is 0 Å². The first-order valence-corrected chi connectivity index (χ1v) is 4.89. The van der Waals surface area contributed by atoms with Gasteiger partial charge in [0.25, 0.3) is 5.91 Å². The van der Waals surface area contributed by atoms with E-state index in [1.807, 2.05) is 0 Å². The van der Waals surface area contributed by atoms with Gasteiger partial charge in [-0.05, 0) is 31.1 Å². The molecule has 0 aromatic heterocycles. The summed E-state index contributed by atoms with van der Waals surface area (Å²) in [6.45, 7) is 2.07. The Morgan fingerprint density at radius 3 is 2.46 bits per heavy atom. The third-order valence-corrected chi connectivity index (χ3v) is 3.57. The van der Waals surface area contributed by atoms with E-state index in [0.717, 1.165) is 24.7 Å². The van der Waals surface area contributed by atoms with Gasteiger partial charge in [0.15, 0.2) is 0 Å². The number of carbonyl (C=O) groups is 1. The zero-order valence-electron chi connectivity index (χ0n) is 8.54. The molecule has 0 bridgehead atoms. The molecule has 0 saturated heterocycles. The highest BCUT2D eigenvalue weighted by Gasteiger charge is 2.55. The number of fused-ring (bicyclic) bond motifs is 1. The fourth-order valence-corrected chi connectivity index (χ4v) is 2.69. The molecule has 2 unspecified atom stereocenters. The number of rotatable bonds is 2. The summed E-state index contributed by atoms with van der Waals surface area (Å²) in [7, 11) is 3.23. The summed E-state index contributed by atoms with van der Waals surface area (Å²) in [4.78, 5) is 16.8. The Morgan fingerprint density at radius 2 is 2.00 bits per heavy atom. The largest absolute Gasteiger partial charge is 0.275 e. The third-order valence-electron chi connectivity index (χ3n) is 3.57. The maximum absolute atomic E-state index is 11.9. The lowest BCUT2D eigenvalue weighted by molar-refractivity contribution is -0.179. The number of hydrogen-bond donors (Lipinski definition) is 0. The predicted molar refractivity (Wildman–Crippen MR) is 48.7 cm³/mol. The van der Waals surface area contributed by atoms with Crippen molar-refractivity contribution in [2.75, 3.05) is 14.2 Å². The second-order valence-corrected chi connectivity index (χ2v) is 4.71. The van der Waals surface area contributed by atoms with Crippen LogP contribution in [0.25, 0.3) is 0 Å². The van der Waals surface area contributed by atoms with Crippen molar-refractivity contribution >= 4 is 5.91 Å². The van der Waals surface area contributed by atoms with Crippen LogP contribution < -0.4 is 0 Å². The number of amides is 1. The van der Waals surface area contributed by atoms with Crippen LogP contribution in [-0.4, -0.2) is 25.1 Å². The normalized spacial score (nSPS) is 41.5. The molecule has 74 valence electrons. The van der Waals surface area contributed by atoms with Crippen LogP contribution in [0.3, 0.4) is 0 Å². The predicted octanol–water partition coefficient (Wildman–Crippen LogP) is 1.44. The molecular formula is C10H17NO2. The zero-order valence-corrected chi connectivity index (χ0v) is 8.54. The number of hydrogen-bond acceptors (Lipinski definition) is 2. The highest BCUT2D eigenvalue weighted by atomic mass is 16.7. The van der Waals surface area contributed by atoms with Gasteiger partial charge in [0.05, 0.1) is 7.11 Å². The molecule has 3 nitrogen and oxygen atoms in total. The van der Waals surface area contributed by atoms with Crippen molar-refractivity contribution < 1.29 is 9.63 Å². The van der Waals surface area contributed by atoms with Gasteiger partial charge in [-0.2, -0.15) is 0 Å². The first kappa shape index (κ1) is 9.00. The molecule has 0 N–H and O–H groups in total. The summed E-state index contributed by atoms with van der Waals surface area (Å²) >= 11 is 0. The molecule has 0 heterocycles. The minimum absolute atomic E-state index is 0.141.